The number of nitrogens with zero attached hydrogens (tertiary/aromatic N) is 4. The summed E-state index contributed by atoms with van der Waals surface area (Å²) in [5.74, 6) is 0.120. The predicted octanol–water partition coefficient (Wildman–Crippen LogP) is 4.27. The lowest BCUT2D eigenvalue weighted by atomic mass is 10.1. The number of rotatable bonds is 5. The average molecular weight is 467 g/mol. The summed E-state index contributed by atoms with van der Waals surface area (Å²) in [6, 6.07) is 18.4. The zero-order chi connectivity index (χ0) is 21.1. The van der Waals surface area contributed by atoms with Gasteiger partial charge in [-0.3, -0.25) is 14.4 Å². The SMILES string of the molecule is Cc1nn(Cc2ccc(C(=O)N3CCN(Cc4ccccc4)CC3)cc2)c(C)c1Br. The zero-order valence-corrected chi connectivity index (χ0v) is 19.1. The molecule has 1 amide bonds. The summed E-state index contributed by atoms with van der Waals surface area (Å²) in [5, 5.41) is 4.56. The highest BCUT2D eigenvalue weighted by molar-refractivity contribution is 9.10. The van der Waals surface area contributed by atoms with Crippen LogP contribution in [0, 0.1) is 13.8 Å². The fraction of sp³-hybridized carbons (Fsp3) is 0.333. The number of benzene rings is 2. The first-order chi connectivity index (χ1) is 14.5. The third kappa shape index (κ3) is 4.65. The second-order valence-electron chi connectivity index (χ2n) is 7.89. The van der Waals surface area contributed by atoms with Crippen molar-refractivity contribution in [3.63, 3.8) is 0 Å². The minimum atomic E-state index is 0.120. The van der Waals surface area contributed by atoms with Crippen LogP contribution in [0.25, 0.3) is 0 Å². The average Bonchev–Trinajstić information content (AvgIpc) is 3.01. The molecule has 0 unspecified atom stereocenters. The molecule has 1 aliphatic rings. The van der Waals surface area contributed by atoms with Crippen molar-refractivity contribution in [2.75, 3.05) is 26.2 Å². The number of hydrogen-bond donors (Lipinski definition) is 0. The molecule has 3 aromatic rings. The molecular weight excluding hydrogens is 440 g/mol. The van der Waals surface area contributed by atoms with Gasteiger partial charge in [-0.05, 0) is 53.0 Å². The Kier molecular flexibility index (Phi) is 6.35. The maximum Gasteiger partial charge on any atom is 0.253 e. The van der Waals surface area contributed by atoms with Crippen LogP contribution >= 0.6 is 15.9 Å². The molecule has 2 heterocycles. The van der Waals surface area contributed by atoms with Gasteiger partial charge in [0, 0.05) is 38.3 Å². The highest BCUT2D eigenvalue weighted by Crippen LogP contribution is 2.21. The van der Waals surface area contributed by atoms with Crippen molar-refractivity contribution in [3.05, 3.63) is 87.1 Å². The number of piperazine rings is 1. The van der Waals surface area contributed by atoms with Crippen LogP contribution in [-0.4, -0.2) is 51.7 Å². The number of amides is 1. The van der Waals surface area contributed by atoms with E-state index in [4.69, 9.17) is 0 Å². The Morgan fingerprint density at radius 2 is 1.53 bits per heavy atom. The lowest BCUT2D eigenvalue weighted by molar-refractivity contribution is 0.0628. The first-order valence-electron chi connectivity index (χ1n) is 10.4. The summed E-state index contributed by atoms with van der Waals surface area (Å²) >= 11 is 3.57. The maximum atomic E-state index is 12.9. The van der Waals surface area contributed by atoms with Crippen molar-refractivity contribution < 1.29 is 4.79 Å². The minimum Gasteiger partial charge on any atom is -0.336 e. The molecule has 0 N–H and O–H groups in total. The maximum absolute atomic E-state index is 12.9. The van der Waals surface area contributed by atoms with E-state index < -0.39 is 0 Å². The fourth-order valence-corrected chi connectivity index (χ4v) is 4.17. The van der Waals surface area contributed by atoms with Gasteiger partial charge in [0.25, 0.3) is 5.91 Å². The Balaban J connectivity index is 1.33. The molecule has 0 spiro atoms. The molecule has 30 heavy (non-hydrogen) atoms. The molecule has 1 fully saturated rings. The molecule has 0 bridgehead atoms. The Morgan fingerprint density at radius 3 is 2.13 bits per heavy atom. The predicted molar refractivity (Wildman–Crippen MR) is 123 cm³/mol. The third-order valence-corrected chi connectivity index (χ3v) is 6.88. The standard InChI is InChI=1S/C24H27BrN4O/c1-18-23(25)19(2)29(26-18)17-21-8-10-22(11-9-21)24(30)28-14-12-27(13-15-28)16-20-6-4-3-5-7-20/h3-11H,12-17H2,1-2H3. The Hall–Kier alpha value is -2.44. The van der Waals surface area contributed by atoms with E-state index in [0.717, 1.165) is 59.7 Å². The van der Waals surface area contributed by atoms with Crippen molar-refractivity contribution in [3.8, 4) is 0 Å². The Labute approximate surface area is 186 Å². The molecule has 156 valence electrons. The monoisotopic (exact) mass is 466 g/mol. The zero-order valence-electron chi connectivity index (χ0n) is 17.5. The lowest BCUT2D eigenvalue weighted by Gasteiger charge is -2.34. The van der Waals surface area contributed by atoms with Crippen LogP contribution in [0.2, 0.25) is 0 Å². The van der Waals surface area contributed by atoms with E-state index in [1.54, 1.807) is 0 Å². The largest absolute Gasteiger partial charge is 0.336 e. The summed E-state index contributed by atoms with van der Waals surface area (Å²) in [5.41, 5.74) is 5.32. The second-order valence-corrected chi connectivity index (χ2v) is 8.69. The van der Waals surface area contributed by atoms with Gasteiger partial charge >= 0.3 is 0 Å². The second kappa shape index (κ2) is 9.14. The third-order valence-electron chi connectivity index (χ3n) is 5.73. The molecule has 1 aliphatic heterocycles. The smallest absolute Gasteiger partial charge is 0.253 e. The van der Waals surface area contributed by atoms with Gasteiger partial charge in [-0.2, -0.15) is 5.10 Å². The van der Waals surface area contributed by atoms with Crippen molar-refractivity contribution >= 4 is 21.8 Å². The summed E-state index contributed by atoms with van der Waals surface area (Å²) < 4.78 is 3.04. The van der Waals surface area contributed by atoms with Crippen LogP contribution in [0.1, 0.15) is 32.9 Å². The molecule has 2 aromatic carbocycles. The number of aryl methyl sites for hydroxylation is 1. The van der Waals surface area contributed by atoms with E-state index in [9.17, 15) is 4.79 Å². The van der Waals surface area contributed by atoms with Crippen LogP contribution in [0.5, 0.6) is 0 Å². The topological polar surface area (TPSA) is 41.4 Å². The van der Waals surface area contributed by atoms with Gasteiger partial charge in [-0.1, -0.05) is 42.5 Å². The van der Waals surface area contributed by atoms with E-state index in [2.05, 4.69) is 57.1 Å². The van der Waals surface area contributed by atoms with Crippen molar-refractivity contribution in [1.29, 1.82) is 0 Å². The highest BCUT2D eigenvalue weighted by Gasteiger charge is 2.22. The van der Waals surface area contributed by atoms with Gasteiger partial charge in [-0.15, -0.1) is 0 Å². The van der Waals surface area contributed by atoms with Gasteiger partial charge in [-0.25, -0.2) is 0 Å². The molecule has 4 rings (SSSR count). The van der Waals surface area contributed by atoms with Crippen LogP contribution in [0.15, 0.2) is 59.1 Å². The van der Waals surface area contributed by atoms with E-state index in [1.165, 1.54) is 5.56 Å². The van der Waals surface area contributed by atoms with Gasteiger partial charge in [0.1, 0.15) is 0 Å². The fourth-order valence-electron chi connectivity index (χ4n) is 3.89. The van der Waals surface area contributed by atoms with E-state index >= 15 is 0 Å². The molecule has 0 atom stereocenters. The lowest BCUT2D eigenvalue weighted by Crippen LogP contribution is -2.48. The van der Waals surface area contributed by atoms with Crippen LogP contribution in [-0.2, 0) is 13.1 Å². The van der Waals surface area contributed by atoms with Crippen molar-refractivity contribution in [2.24, 2.45) is 0 Å². The number of aromatic nitrogens is 2. The first kappa shape index (κ1) is 20.8. The van der Waals surface area contributed by atoms with E-state index in [1.807, 2.05) is 46.8 Å². The Bertz CT molecular complexity index is 1010. The summed E-state index contributed by atoms with van der Waals surface area (Å²) in [6.07, 6.45) is 0. The van der Waals surface area contributed by atoms with Gasteiger partial charge in [0.05, 0.1) is 22.4 Å². The summed E-state index contributed by atoms with van der Waals surface area (Å²) in [6.45, 7) is 9.05. The molecule has 0 aliphatic carbocycles. The molecule has 0 saturated carbocycles. The minimum absolute atomic E-state index is 0.120. The highest BCUT2D eigenvalue weighted by atomic mass is 79.9. The normalized spacial score (nSPS) is 14.8. The number of halogens is 1. The van der Waals surface area contributed by atoms with Crippen molar-refractivity contribution in [1.82, 2.24) is 19.6 Å². The number of carbonyl (C=O) groups excluding carboxylic acids is 1. The van der Waals surface area contributed by atoms with Gasteiger partial charge in [0.2, 0.25) is 0 Å². The van der Waals surface area contributed by atoms with Gasteiger partial charge < -0.3 is 4.90 Å². The molecular formula is C24H27BrN4O. The summed E-state index contributed by atoms with van der Waals surface area (Å²) in [4.78, 5) is 17.3. The molecule has 6 heteroatoms. The van der Waals surface area contributed by atoms with Crippen LogP contribution < -0.4 is 0 Å². The number of carbonyl (C=O) groups is 1. The number of hydrogen-bond acceptors (Lipinski definition) is 3. The van der Waals surface area contributed by atoms with Crippen LogP contribution in [0.4, 0.5) is 0 Å². The molecule has 1 saturated heterocycles. The van der Waals surface area contributed by atoms with E-state index in [-0.39, 0.29) is 5.91 Å². The Morgan fingerprint density at radius 1 is 0.900 bits per heavy atom. The molecule has 1 aromatic heterocycles. The summed E-state index contributed by atoms with van der Waals surface area (Å²) in [7, 11) is 0. The molecule has 5 nitrogen and oxygen atoms in total. The van der Waals surface area contributed by atoms with E-state index in [0.29, 0.717) is 6.54 Å². The van der Waals surface area contributed by atoms with Gasteiger partial charge in [0.15, 0.2) is 0 Å². The quantitative estimate of drug-likeness (QED) is 0.563. The first-order valence-corrected chi connectivity index (χ1v) is 11.1. The van der Waals surface area contributed by atoms with Crippen LogP contribution in [0.3, 0.4) is 0 Å². The van der Waals surface area contributed by atoms with Crippen molar-refractivity contribution in [2.45, 2.75) is 26.9 Å². The molecule has 0 radical (unpaired) electrons.